The SMILES string of the molecule is CCCCCCCCCCCC(=O)Nc1ccc(CCNc2cccc(O)c2)cc1. The van der Waals surface area contributed by atoms with Gasteiger partial charge in [0.15, 0.2) is 0 Å². The number of benzene rings is 2. The Bertz CT molecular complexity index is 728. The lowest BCUT2D eigenvalue weighted by atomic mass is 10.1. The Hall–Kier alpha value is -2.49. The number of amides is 1. The van der Waals surface area contributed by atoms with E-state index in [2.05, 4.69) is 29.7 Å². The molecule has 0 saturated carbocycles. The molecule has 0 atom stereocenters. The number of rotatable bonds is 15. The molecule has 0 aliphatic rings. The minimum absolute atomic E-state index is 0.108. The van der Waals surface area contributed by atoms with Crippen molar-refractivity contribution < 1.29 is 9.90 Å². The maximum absolute atomic E-state index is 12.1. The van der Waals surface area contributed by atoms with Crippen LogP contribution in [-0.2, 0) is 11.2 Å². The summed E-state index contributed by atoms with van der Waals surface area (Å²) in [6.45, 7) is 3.03. The topological polar surface area (TPSA) is 61.4 Å². The highest BCUT2D eigenvalue weighted by Gasteiger charge is 2.03. The molecule has 0 fully saturated rings. The monoisotopic (exact) mass is 410 g/mol. The van der Waals surface area contributed by atoms with E-state index in [9.17, 15) is 9.90 Å². The molecule has 2 aromatic carbocycles. The van der Waals surface area contributed by atoms with Gasteiger partial charge in [0.05, 0.1) is 0 Å². The first-order chi connectivity index (χ1) is 14.7. The number of aromatic hydroxyl groups is 1. The van der Waals surface area contributed by atoms with Crippen molar-refractivity contribution in [3.8, 4) is 5.75 Å². The predicted octanol–water partition coefficient (Wildman–Crippen LogP) is 6.91. The molecular weight excluding hydrogens is 372 g/mol. The first-order valence-electron chi connectivity index (χ1n) is 11.6. The summed E-state index contributed by atoms with van der Waals surface area (Å²) in [6.07, 6.45) is 12.9. The third kappa shape index (κ3) is 10.3. The molecule has 164 valence electrons. The first kappa shape index (κ1) is 23.8. The summed E-state index contributed by atoms with van der Waals surface area (Å²) in [5.74, 6) is 0.374. The molecule has 2 aromatic rings. The molecular formula is C26H38N2O2. The van der Waals surface area contributed by atoms with Crippen molar-refractivity contribution in [3.05, 3.63) is 54.1 Å². The van der Waals surface area contributed by atoms with Gasteiger partial charge in [0.1, 0.15) is 5.75 Å². The van der Waals surface area contributed by atoms with E-state index in [0.717, 1.165) is 37.2 Å². The second kappa shape index (κ2) is 14.5. The van der Waals surface area contributed by atoms with E-state index in [0.29, 0.717) is 6.42 Å². The number of phenolic OH excluding ortho intramolecular Hbond substituents is 1. The van der Waals surface area contributed by atoms with Gasteiger partial charge < -0.3 is 15.7 Å². The average Bonchev–Trinajstić information content (AvgIpc) is 2.74. The minimum atomic E-state index is 0.108. The van der Waals surface area contributed by atoms with Crippen LogP contribution in [0.1, 0.15) is 76.7 Å². The van der Waals surface area contributed by atoms with Crippen molar-refractivity contribution in [2.24, 2.45) is 0 Å². The Kier molecular flexibility index (Phi) is 11.5. The van der Waals surface area contributed by atoms with Gasteiger partial charge in [-0.05, 0) is 42.7 Å². The van der Waals surface area contributed by atoms with Crippen molar-refractivity contribution in [3.63, 3.8) is 0 Å². The molecule has 1 amide bonds. The van der Waals surface area contributed by atoms with Gasteiger partial charge in [-0.25, -0.2) is 0 Å². The van der Waals surface area contributed by atoms with E-state index in [1.807, 2.05) is 24.3 Å². The van der Waals surface area contributed by atoms with Crippen LogP contribution in [0.25, 0.3) is 0 Å². The van der Waals surface area contributed by atoms with Gasteiger partial charge in [0, 0.05) is 30.4 Å². The Morgan fingerprint density at radius 2 is 1.50 bits per heavy atom. The molecule has 2 rings (SSSR count). The highest BCUT2D eigenvalue weighted by atomic mass is 16.3. The second-order valence-electron chi connectivity index (χ2n) is 8.05. The summed E-state index contributed by atoms with van der Waals surface area (Å²) in [5, 5.41) is 15.8. The lowest BCUT2D eigenvalue weighted by molar-refractivity contribution is -0.116. The third-order valence-corrected chi connectivity index (χ3v) is 5.33. The molecule has 3 N–H and O–H groups in total. The number of nitrogens with one attached hydrogen (secondary N) is 2. The summed E-state index contributed by atoms with van der Waals surface area (Å²) in [7, 11) is 0. The number of unbranched alkanes of at least 4 members (excludes halogenated alkanes) is 8. The zero-order chi connectivity index (χ0) is 21.4. The lowest BCUT2D eigenvalue weighted by Crippen LogP contribution is -2.11. The minimum Gasteiger partial charge on any atom is -0.508 e. The largest absolute Gasteiger partial charge is 0.508 e. The molecule has 4 nitrogen and oxygen atoms in total. The maximum atomic E-state index is 12.1. The average molecular weight is 411 g/mol. The quantitative estimate of drug-likeness (QED) is 0.280. The Morgan fingerprint density at radius 3 is 2.17 bits per heavy atom. The van der Waals surface area contributed by atoms with Crippen LogP contribution in [0.2, 0.25) is 0 Å². The molecule has 0 spiro atoms. The Morgan fingerprint density at radius 1 is 0.833 bits per heavy atom. The van der Waals surface area contributed by atoms with Crippen molar-refractivity contribution >= 4 is 17.3 Å². The molecule has 0 unspecified atom stereocenters. The van der Waals surface area contributed by atoms with Crippen LogP contribution in [-0.4, -0.2) is 17.6 Å². The predicted molar refractivity (Wildman–Crippen MR) is 127 cm³/mol. The van der Waals surface area contributed by atoms with Crippen molar-refractivity contribution in [1.82, 2.24) is 0 Å². The molecule has 0 saturated heterocycles. The highest BCUT2D eigenvalue weighted by molar-refractivity contribution is 5.90. The van der Waals surface area contributed by atoms with Crippen molar-refractivity contribution in [1.29, 1.82) is 0 Å². The molecule has 4 heteroatoms. The number of anilines is 2. The van der Waals surface area contributed by atoms with E-state index in [4.69, 9.17) is 0 Å². The summed E-state index contributed by atoms with van der Waals surface area (Å²) in [6, 6.07) is 15.2. The van der Waals surface area contributed by atoms with Gasteiger partial charge in [-0.2, -0.15) is 0 Å². The lowest BCUT2D eigenvalue weighted by Gasteiger charge is -2.09. The number of hydrogen-bond acceptors (Lipinski definition) is 3. The molecule has 0 heterocycles. The fourth-order valence-corrected chi connectivity index (χ4v) is 3.54. The number of carbonyl (C=O) groups is 1. The van der Waals surface area contributed by atoms with Crippen LogP contribution >= 0.6 is 0 Å². The van der Waals surface area contributed by atoms with Crippen molar-refractivity contribution in [2.75, 3.05) is 17.2 Å². The van der Waals surface area contributed by atoms with Crippen LogP contribution in [0, 0.1) is 0 Å². The maximum Gasteiger partial charge on any atom is 0.224 e. The van der Waals surface area contributed by atoms with Gasteiger partial charge in [0.2, 0.25) is 5.91 Å². The van der Waals surface area contributed by atoms with Gasteiger partial charge in [0.25, 0.3) is 0 Å². The van der Waals surface area contributed by atoms with Gasteiger partial charge in [-0.3, -0.25) is 4.79 Å². The number of carbonyl (C=O) groups excluding carboxylic acids is 1. The van der Waals surface area contributed by atoms with E-state index in [1.165, 1.54) is 50.5 Å². The fourth-order valence-electron chi connectivity index (χ4n) is 3.54. The second-order valence-corrected chi connectivity index (χ2v) is 8.05. The molecule has 30 heavy (non-hydrogen) atoms. The number of phenols is 1. The van der Waals surface area contributed by atoms with E-state index >= 15 is 0 Å². The van der Waals surface area contributed by atoms with Crippen LogP contribution in [0.3, 0.4) is 0 Å². The zero-order valence-corrected chi connectivity index (χ0v) is 18.5. The molecule has 0 aromatic heterocycles. The summed E-state index contributed by atoms with van der Waals surface area (Å²) < 4.78 is 0. The van der Waals surface area contributed by atoms with Gasteiger partial charge in [-0.1, -0.05) is 76.5 Å². The normalized spacial score (nSPS) is 10.7. The van der Waals surface area contributed by atoms with Crippen LogP contribution < -0.4 is 10.6 Å². The van der Waals surface area contributed by atoms with Gasteiger partial charge >= 0.3 is 0 Å². The number of hydrogen-bond donors (Lipinski definition) is 3. The van der Waals surface area contributed by atoms with Gasteiger partial charge in [-0.15, -0.1) is 0 Å². The van der Waals surface area contributed by atoms with E-state index < -0.39 is 0 Å². The highest BCUT2D eigenvalue weighted by Crippen LogP contribution is 2.16. The Labute approximate surface area is 182 Å². The van der Waals surface area contributed by atoms with Crippen LogP contribution in [0.15, 0.2) is 48.5 Å². The summed E-state index contributed by atoms with van der Waals surface area (Å²) in [5.41, 5.74) is 2.98. The smallest absolute Gasteiger partial charge is 0.224 e. The molecule has 0 bridgehead atoms. The van der Waals surface area contributed by atoms with Crippen LogP contribution in [0.4, 0.5) is 11.4 Å². The zero-order valence-electron chi connectivity index (χ0n) is 18.5. The summed E-state index contributed by atoms with van der Waals surface area (Å²) >= 11 is 0. The Balaban J connectivity index is 1.55. The van der Waals surface area contributed by atoms with Crippen molar-refractivity contribution in [2.45, 2.75) is 77.6 Å². The third-order valence-electron chi connectivity index (χ3n) is 5.33. The fraction of sp³-hybridized carbons (Fsp3) is 0.500. The standard InChI is InChI=1S/C26H38N2O2/c1-2-3-4-5-6-7-8-9-10-14-26(30)28-23-17-15-22(16-18-23)19-20-27-24-12-11-13-25(29)21-24/h11-13,15-18,21,27,29H,2-10,14,19-20H2,1H3,(H,28,30). The molecule has 0 aliphatic carbocycles. The molecule has 0 radical (unpaired) electrons. The van der Waals surface area contributed by atoms with Crippen LogP contribution in [0.5, 0.6) is 5.75 Å². The first-order valence-corrected chi connectivity index (χ1v) is 11.6. The van der Waals surface area contributed by atoms with E-state index in [1.54, 1.807) is 12.1 Å². The summed E-state index contributed by atoms with van der Waals surface area (Å²) in [4.78, 5) is 12.1. The van der Waals surface area contributed by atoms with E-state index in [-0.39, 0.29) is 11.7 Å². The molecule has 0 aliphatic heterocycles.